The summed E-state index contributed by atoms with van der Waals surface area (Å²) in [4.78, 5) is 24.3. The Balaban J connectivity index is 1.91. The smallest absolute Gasteiger partial charge is 0.334 e. The van der Waals surface area contributed by atoms with Gasteiger partial charge >= 0.3 is 6.03 Å². The van der Waals surface area contributed by atoms with Crippen LogP contribution in [0.3, 0.4) is 0 Å². The normalized spacial score (nSPS) is 9.95. The van der Waals surface area contributed by atoms with E-state index >= 15 is 0 Å². The third kappa shape index (κ3) is 3.62. The van der Waals surface area contributed by atoms with E-state index in [0.717, 1.165) is 4.90 Å². The Morgan fingerprint density at radius 2 is 1.89 bits per heavy atom. The zero-order valence-electron chi connectivity index (χ0n) is 10.2. The van der Waals surface area contributed by atoms with Crippen LogP contribution < -0.4 is 5.32 Å². The molecule has 1 aromatic carbocycles. The van der Waals surface area contributed by atoms with Gasteiger partial charge in [-0.15, -0.1) is 0 Å². The minimum atomic E-state index is -0.560. The molecule has 3 amide bonds. The fraction of sp³-hybridized carbons (Fsp3) is 0.0769. The van der Waals surface area contributed by atoms with Gasteiger partial charge in [-0.3, -0.25) is 14.4 Å². The van der Waals surface area contributed by atoms with Crippen LogP contribution in [0.25, 0.3) is 0 Å². The molecule has 0 atom stereocenters. The van der Waals surface area contributed by atoms with Crippen molar-refractivity contribution in [3.63, 3.8) is 0 Å². The summed E-state index contributed by atoms with van der Waals surface area (Å²) in [6.07, 6.45) is 1.38. The molecule has 2 rings (SSSR count). The highest BCUT2D eigenvalue weighted by Gasteiger charge is 2.16. The van der Waals surface area contributed by atoms with E-state index in [9.17, 15) is 9.59 Å². The molecule has 1 aromatic heterocycles. The van der Waals surface area contributed by atoms with Crippen LogP contribution in [0.5, 0.6) is 0 Å². The largest absolute Gasteiger partial charge is 0.459 e. The van der Waals surface area contributed by atoms with Crippen molar-refractivity contribution in [2.24, 2.45) is 0 Å². The molecular weight excluding hydrogens is 264 g/mol. The molecule has 0 aliphatic carbocycles. The van der Waals surface area contributed by atoms with Crippen molar-refractivity contribution in [2.45, 2.75) is 4.90 Å². The van der Waals surface area contributed by atoms with Crippen LogP contribution in [0.1, 0.15) is 10.6 Å². The molecule has 0 aliphatic rings. The standard InChI is InChI=1S/C13H12N2O3S/c1-15(19-10-6-3-2-4-7-10)13(17)14-12(16)11-8-5-9-18-11/h2-9H,1H3,(H,14,16,17). The molecule has 0 saturated heterocycles. The molecule has 0 aliphatic heterocycles. The number of imide groups is 1. The summed E-state index contributed by atoms with van der Waals surface area (Å²) >= 11 is 1.23. The molecule has 19 heavy (non-hydrogen) atoms. The third-order valence-corrected chi connectivity index (χ3v) is 3.16. The quantitative estimate of drug-likeness (QED) is 0.876. The highest BCUT2D eigenvalue weighted by molar-refractivity contribution is 7.97. The van der Waals surface area contributed by atoms with Gasteiger partial charge in [-0.1, -0.05) is 18.2 Å². The van der Waals surface area contributed by atoms with Crippen LogP contribution in [-0.4, -0.2) is 23.3 Å². The van der Waals surface area contributed by atoms with Gasteiger partial charge in [-0.05, 0) is 36.2 Å². The fourth-order valence-corrected chi connectivity index (χ4v) is 2.05. The minimum absolute atomic E-state index is 0.103. The molecule has 0 radical (unpaired) electrons. The van der Waals surface area contributed by atoms with Crippen LogP contribution in [0.4, 0.5) is 4.79 Å². The van der Waals surface area contributed by atoms with Crippen molar-refractivity contribution < 1.29 is 14.0 Å². The van der Waals surface area contributed by atoms with Gasteiger partial charge < -0.3 is 4.42 Å². The Labute approximate surface area is 114 Å². The van der Waals surface area contributed by atoms with Gasteiger partial charge in [0.25, 0.3) is 5.91 Å². The van der Waals surface area contributed by atoms with Gasteiger partial charge in [0.15, 0.2) is 5.76 Å². The number of hydrogen-bond donors (Lipinski definition) is 1. The highest BCUT2D eigenvalue weighted by Crippen LogP contribution is 2.20. The lowest BCUT2D eigenvalue weighted by Crippen LogP contribution is -2.37. The lowest BCUT2D eigenvalue weighted by Gasteiger charge is -2.15. The van der Waals surface area contributed by atoms with Crippen LogP contribution in [0, 0.1) is 0 Å². The maximum absolute atomic E-state index is 11.8. The molecule has 1 N–H and O–H groups in total. The average Bonchev–Trinajstić information content (AvgIpc) is 2.93. The third-order valence-electron chi connectivity index (χ3n) is 2.24. The minimum Gasteiger partial charge on any atom is -0.459 e. The summed E-state index contributed by atoms with van der Waals surface area (Å²) in [6.45, 7) is 0. The van der Waals surface area contributed by atoms with Gasteiger partial charge in [0, 0.05) is 11.9 Å². The molecule has 0 unspecified atom stereocenters. The number of nitrogens with one attached hydrogen (secondary N) is 1. The number of urea groups is 1. The first-order chi connectivity index (χ1) is 9.16. The molecule has 2 aromatic rings. The van der Waals surface area contributed by atoms with E-state index < -0.39 is 11.9 Å². The van der Waals surface area contributed by atoms with Crippen molar-refractivity contribution in [1.82, 2.24) is 9.62 Å². The van der Waals surface area contributed by atoms with Crippen molar-refractivity contribution in [3.05, 3.63) is 54.5 Å². The zero-order chi connectivity index (χ0) is 13.7. The first kappa shape index (κ1) is 13.2. The van der Waals surface area contributed by atoms with Gasteiger partial charge in [0.1, 0.15) is 0 Å². The van der Waals surface area contributed by atoms with Crippen LogP contribution in [0.2, 0.25) is 0 Å². The van der Waals surface area contributed by atoms with Gasteiger partial charge in [-0.25, -0.2) is 4.79 Å². The Morgan fingerprint density at radius 3 is 2.53 bits per heavy atom. The number of rotatable bonds is 3. The Bertz CT molecular complexity index is 555. The summed E-state index contributed by atoms with van der Waals surface area (Å²) in [5, 5.41) is 2.24. The molecule has 98 valence electrons. The number of furan rings is 1. The van der Waals surface area contributed by atoms with E-state index in [1.807, 2.05) is 30.3 Å². The number of carbonyl (C=O) groups is 2. The summed E-state index contributed by atoms with van der Waals surface area (Å²) in [5.74, 6) is -0.457. The molecule has 0 fully saturated rings. The predicted octanol–water partition coefficient (Wildman–Crippen LogP) is 2.77. The molecule has 6 heteroatoms. The Hall–Kier alpha value is -2.21. The average molecular weight is 276 g/mol. The molecule has 0 saturated carbocycles. The highest BCUT2D eigenvalue weighted by atomic mass is 32.2. The van der Waals surface area contributed by atoms with Crippen LogP contribution in [-0.2, 0) is 0 Å². The van der Waals surface area contributed by atoms with E-state index in [1.165, 1.54) is 28.6 Å². The van der Waals surface area contributed by atoms with Gasteiger partial charge in [0.05, 0.1) is 6.26 Å². The number of carbonyl (C=O) groups excluding carboxylic acids is 2. The van der Waals surface area contributed by atoms with E-state index in [4.69, 9.17) is 4.42 Å². The van der Waals surface area contributed by atoms with Crippen molar-refractivity contribution >= 4 is 23.9 Å². The van der Waals surface area contributed by atoms with E-state index in [1.54, 1.807) is 13.1 Å². The Morgan fingerprint density at radius 1 is 1.16 bits per heavy atom. The first-order valence-corrected chi connectivity index (χ1v) is 6.30. The van der Waals surface area contributed by atoms with Crippen molar-refractivity contribution in [2.75, 3.05) is 7.05 Å². The second kappa shape index (κ2) is 6.10. The summed E-state index contributed by atoms with van der Waals surface area (Å²) in [5.41, 5.74) is 0. The first-order valence-electron chi connectivity index (χ1n) is 5.52. The number of amides is 3. The van der Waals surface area contributed by atoms with Crippen LogP contribution >= 0.6 is 11.9 Å². The maximum Gasteiger partial charge on any atom is 0.334 e. The summed E-state index contributed by atoms with van der Waals surface area (Å²) in [7, 11) is 1.59. The summed E-state index contributed by atoms with van der Waals surface area (Å²) < 4.78 is 6.25. The van der Waals surface area contributed by atoms with Crippen molar-refractivity contribution in [1.29, 1.82) is 0 Å². The topological polar surface area (TPSA) is 62.6 Å². The van der Waals surface area contributed by atoms with Crippen molar-refractivity contribution in [3.8, 4) is 0 Å². The zero-order valence-corrected chi connectivity index (χ0v) is 11.0. The molecule has 0 bridgehead atoms. The molecule has 5 nitrogen and oxygen atoms in total. The lowest BCUT2D eigenvalue weighted by molar-refractivity contribution is 0.0933. The molecule has 1 heterocycles. The number of benzene rings is 1. The molecular formula is C13H12N2O3S. The SMILES string of the molecule is CN(Sc1ccccc1)C(=O)NC(=O)c1ccco1. The maximum atomic E-state index is 11.8. The lowest BCUT2D eigenvalue weighted by atomic mass is 10.4. The van der Waals surface area contributed by atoms with Crippen LogP contribution in [0.15, 0.2) is 58.0 Å². The predicted molar refractivity (Wildman–Crippen MR) is 71.6 cm³/mol. The number of nitrogens with zero attached hydrogens (tertiary/aromatic N) is 1. The second-order valence-electron chi connectivity index (χ2n) is 3.64. The molecule has 0 spiro atoms. The number of hydrogen-bond acceptors (Lipinski definition) is 4. The summed E-state index contributed by atoms with van der Waals surface area (Å²) in [6, 6.07) is 12.0. The Kier molecular flexibility index (Phi) is 4.25. The monoisotopic (exact) mass is 276 g/mol. The fourth-order valence-electron chi connectivity index (χ4n) is 1.33. The van der Waals surface area contributed by atoms with E-state index in [0.29, 0.717) is 0 Å². The van der Waals surface area contributed by atoms with E-state index in [-0.39, 0.29) is 5.76 Å². The van der Waals surface area contributed by atoms with Gasteiger partial charge in [-0.2, -0.15) is 0 Å². The second-order valence-corrected chi connectivity index (χ2v) is 4.84. The van der Waals surface area contributed by atoms with E-state index in [2.05, 4.69) is 5.32 Å². The van der Waals surface area contributed by atoms with Gasteiger partial charge in [0.2, 0.25) is 0 Å².